The predicted octanol–water partition coefficient (Wildman–Crippen LogP) is -0.181. The minimum Gasteiger partial charge on any atom is -0.337 e. The molecule has 0 aromatic carbocycles. The Kier molecular flexibility index (Phi) is 4.52. The maximum atomic E-state index is 12.8. The number of hydrogen-bond donors (Lipinski definition) is 1. The standard InChI is InChI=1S/C15H21N7O/c1-16-13(12-10-19-20(2)11-12)14(23)21-6-8-22(9-7-21)15-17-4-3-5-18-15/h3-5,10-11,13,16H,6-9H2,1-2H3. The molecular weight excluding hydrogens is 294 g/mol. The molecule has 0 bridgehead atoms. The number of piperazine rings is 1. The van der Waals surface area contributed by atoms with Gasteiger partial charge in [-0.05, 0) is 13.1 Å². The summed E-state index contributed by atoms with van der Waals surface area (Å²) in [6, 6.07) is 1.44. The molecule has 1 N–H and O–H groups in total. The Bertz CT molecular complexity index is 649. The molecule has 0 radical (unpaired) electrons. The number of aromatic nitrogens is 4. The molecule has 1 amide bonds. The number of carbonyl (C=O) groups excluding carboxylic acids is 1. The summed E-state index contributed by atoms with van der Waals surface area (Å²) in [5.41, 5.74) is 0.883. The second kappa shape index (κ2) is 6.74. The summed E-state index contributed by atoms with van der Waals surface area (Å²) < 4.78 is 1.71. The summed E-state index contributed by atoms with van der Waals surface area (Å²) in [4.78, 5) is 25.3. The lowest BCUT2D eigenvalue weighted by Crippen LogP contribution is -2.51. The summed E-state index contributed by atoms with van der Waals surface area (Å²) in [6.45, 7) is 2.80. The van der Waals surface area contributed by atoms with Gasteiger partial charge in [0.05, 0.1) is 6.20 Å². The SMILES string of the molecule is CNC(C(=O)N1CCN(c2ncccn2)CC1)c1cnn(C)c1. The molecule has 1 fully saturated rings. The number of likely N-dealkylation sites (N-methyl/N-ethyl adjacent to an activating group) is 1. The van der Waals surface area contributed by atoms with E-state index in [-0.39, 0.29) is 11.9 Å². The van der Waals surface area contributed by atoms with E-state index in [1.54, 1.807) is 36.4 Å². The molecule has 1 aliphatic heterocycles. The molecule has 3 rings (SSSR count). The van der Waals surface area contributed by atoms with Crippen LogP contribution >= 0.6 is 0 Å². The van der Waals surface area contributed by atoms with E-state index in [0.29, 0.717) is 13.1 Å². The van der Waals surface area contributed by atoms with E-state index in [1.807, 2.05) is 18.1 Å². The van der Waals surface area contributed by atoms with Gasteiger partial charge >= 0.3 is 0 Å². The van der Waals surface area contributed by atoms with E-state index in [4.69, 9.17) is 0 Å². The number of hydrogen-bond acceptors (Lipinski definition) is 6. The minimum atomic E-state index is -0.358. The van der Waals surface area contributed by atoms with Gasteiger partial charge in [-0.2, -0.15) is 5.10 Å². The van der Waals surface area contributed by atoms with Crippen LogP contribution in [-0.2, 0) is 11.8 Å². The van der Waals surface area contributed by atoms with Crippen LogP contribution in [-0.4, -0.2) is 63.8 Å². The smallest absolute Gasteiger partial charge is 0.244 e. The molecule has 1 saturated heterocycles. The van der Waals surface area contributed by atoms with Crippen LogP contribution in [0.5, 0.6) is 0 Å². The molecule has 0 spiro atoms. The van der Waals surface area contributed by atoms with Gasteiger partial charge in [0.15, 0.2) is 0 Å². The molecule has 1 unspecified atom stereocenters. The Hall–Kier alpha value is -2.48. The quantitative estimate of drug-likeness (QED) is 0.843. The highest BCUT2D eigenvalue weighted by Gasteiger charge is 2.28. The highest BCUT2D eigenvalue weighted by molar-refractivity contribution is 5.83. The highest BCUT2D eigenvalue weighted by atomic mass is 16.2. The van der Waals surface area contributed by atoms with Crippen molar-refractivity contribution in [3.63, 3.8) is 0 Å². The third kappa shape index (κ3) is 3.31. The van der Waals surface area contributed by atoms with E-state index in [1.165, 1.54) is 0 Å². The molecule has 0 saturated carbocycles. The first kappa shape index (κ1) is 15.4. The zero-order chi connectivity index (χ0) is 16.2. The van der Waals surface area contributed by atoms with Gasteiger partial charge in [-0.15, -0.1) is 0 Å². The fourth-order valence-corrected chi connectivity index (χ4v) is 2.79. The molecule has 1 atom stereocenters. The van der Waals surface area contributed by atoms with Gasteiger partial charge in [-0.25, -0.2) is 9.97 Å². The molecular formula is C15H21N7O. The Morgan fingerprint density at radius 3 is 2.48 bits per heavy atom. The Morgan fingerprint density at radius 2 is 1.91 bits per heavy atom. The average molecular weight is 315 g/mol. The molecule has 2 aromatic heterocycles. The summed E-state index contributed by atoms with van der Waals surface area (Å²) in [7, 11) is 3.64. The summed E-state index contributed by atoms with van der Waals surface area (Å²) >= 11 is 0. The molecule has 122 valence electrons. The Labute approximate surface area is 135 Å². The topological polar surface area (TPSA) is 79.2 Å². The average Bonchev–Trinajstić information content (AvgIpc) is 3.02. The zero-order valence-corrected chi connectivity index (χ0v) is 13.4. The fraction of sp³-hybridized carbons (Fsp3) is 0.467. The number of nitrogens with one attached hydrogen (secondary N) is 1. The van der Waals surface area contributed by atoms with Crippen LogP contribution in [0.25, 0.3) is 0 Å². The van der Waals surface area contributed by atoms with Crippen LogP contribution in [0.1, 0.15) is 11.6 Å². The van der Waals surface area contributed by atoms with Crippen molar-refractivity contribution in [1.82, 2.24) is 30.0 Å². The maximum Gasteiger partial charge on any atom is 0.244 e. The van der Waals surface area contributed by atoms with Crippen LogP contribution < -0.4 is 10.2 Å². The van der Waals surface area contributed by atoms with Crippen LogP contribution in [0.15, 0.2) is 30.9 Å². The van der Waals surface area contributed by atoms with Crippen molar-refractivity contribution in [3.05, 3.63) is 36.4 Å². The number of nitrogens with zero attached hydrogens (tertiary/aromatic N) is 6. The van der Waals surface area contributed by atoms with Crippen molar-refractivity contribution in [1.29, 1.82) is 0 Å². The Morgan fingerprint density at radius 1 is 1.22 bits per heavy atom. The van der Waals surface area contributed by atoms with Crippen molar-refractivity contribution in [2.45, 2.75) is 6.04 Å². The molecule has 1 aliphatic rings. The summed E-state index contributed by atoms with van der Waals surface area (Å²) in [5.74, 6) is 0.797. The van der Waals surface area contributed by atoms with Crippen LogP contribution in [0.3, 0.4) is 0 Å². The lowest BCUT2D eigenvalue weighted by Gasteiger charge is -2.36. The molecule has 23 heavy (non-hydrogen) atoms. The van der Waals surface area contributed by atoms with Gasteiger partial charge in [0.1, 0.15) is 6.04 Å². The summed E-state index contributed by atoms with van der Waals surface area (Å²) in [6.07, 6.45) is 7.07. The van der Waals surface area contributed by atoms with Crippen LogP contribution in [0.2, 0.25) is 0 Å². The van der Waals surface area contributed by atoms with Gasteiger partial charge < -0.3 is 15.1 Å². The molecule has 8 nitrogen and oxygen atoms in total. The van der Waals surface area contributed by atoms with Crippen molar-refractivity contribution < 1.29 is 4.79 Å². The van der Waals surface area contributed by atoms with E-state index < -0.39 is 0 Å². The van der Waals surface area contributed by atoms with Gasteiger partial charge in [-0.1, -0.05) is 0 Å². The van der Waals surface area contributed by atoms with Crippen molar-refractivity contribution >= 4 is 11.9 Å². The molecule has 2 aromatic rings. The predicted molar refractivity (Wildman–Crippen MR) is 85.8 cm³/mol. The van der Waals surface area contributed by atoms with Crippen LogP contribution in [0, 0.1) is 0 Å². The third-order valence-corrected chi connectivity index (χ3v) is 4.02. The molecule has 0 aliphatic carbocycles. The largest absolute Gasteiger partial charge is 0.337 e. The second-order valence-corrected chi connectivity index (χ2v) is 5.53. The van der Waals surface area contributed by atoms with E-state index >= 15 is 0 Å². The zero-order valence-electron chi connectivity index (χ0n) is 13.4. The first-order chi connectivity index (χ1) is 11.2. The van der Waals surface area contributed by atoms with Crippen molar-refractivity contribution in [2.24, 2.45) is 7.05 Å². The van der Waals surface area contributed by atoms with E-state index in [9.17, 15) is 4.79 Å². The molecule has 3 heterocycles. The number of rotatable bonds is 4. The van der Waals surface area contributed by atoms with Gasteiger partial charge in [0, 0.05) is 57.4 Å². The summed E-state index contributed by atoms with van der Waals surface area (Å²) in [5, 5.41) is 7.23. The first-order valence-electron chi connectivity index (χ1n) is 7.65. The van der Waals surface area contributed by atoms with Gasteiger partial charge in [0.25, 0.3) is 0 Å². The van der Waals surface area contributed by atoms with Crippen LogP contribution in [0.4, 0.5) is 5.95 Å². The normalized spacial score (nSPS) is 16.4. The van der Waals surface area contributed by atoms with Gasteiger partial charge in [-0.3, -0.25) is 9.48 Å². The first-order valence-corrected chi connectivity index (χ1v) is 7.65. The third-order valence-electron chi connectivity index (χ3n) is 4.02. The van der Waals surface area contributed by atoms with Crippen molar-refractivity contribution in [2.75, 3.05) is 38.1 Å². The Balaban J connectivity index is 1.63. The second-order valence-electron chi connectivity index (χ2n) is 5.53. The number of anilines is 1. The number of carbonyl (C=O) groups is 1. The lowest BCUT2D eigenvalue weighted by atomic mass is 10.1. The minimum absolute atomic E-state index is 0.0779. The number of aryl methyl sites for hydroxylation is 1. The lowest BCUT2D eigenvalue weighted by molar-refractivity contribution is -0.133. The maximum absolute atomic E-state index is 12.8. The number of amides is 1. The fourth-order valence-electron chi connectivity index (χ4n) is 2.79. The monoisotopic (exact) mass is 315 g/mol. The van der Waals surface area contributed by atoms with Crippen molar-refractivity contribution in [3.8, 4) is 0 Å². The highest BCUT2D eigenvalue weighted by Crippen LogP contribution is 2.17. The van der Waals surface area contributed by atoms with E-state index in [2.05, 4.69) is 25.3 Å². The van der Waals surface area contributed by atoms with E-state index in [0.717, 1.165) is 24.6 Å². The molecule has 8 heteroatoms. The van der Waals surface area contributed by atoms with Gasteiger partial charge in [0.2, 0.25) is 11.9 Å².